The quantitative estimate of drug-likeness (QED) is 0.179. The fourth-order valence-electron chi connectivity index (χ4n) is 6.15. The van der Waals surface area contributed by atoms with E-state index in [1.54, 1.807) is 17.9 Å². The summed E-state index contributed by atoms with van der Waals surface area (Å²) in [5.41, 5.74) is 3.94. The number of anilines is 1. The molecule has 0 bridgehead atoms. The van der Waals surface area contributed by atoms with Gasteiger partial charge in [0.25, 0.3) is 11.5 Å². The molecule has 0 saturated carbocycles. The third-order valence-corrected chi connectivity index (χ3v) is 10.3. The van der Waals surface area contributed by atoms with Gasteiger partial charge in [0.05, 0.1) is 42.8 Å². The van der Waals surface area contributed by atoms with Crippen molar-refractivity contribution < 1.29 is 19.1 Å². The number of nitrogens with zero attached hydrogens (tertiary/aromatic N) is 3. The molecule has 1 aromatic heterocycles. The van der Waals surface area contributed by atoms with E-state index in [-0.39, 0.29) is 28.2 Å². The Morgan fingerprint density at radius 3 is 2.31 bits per heavy atom. The van der Waals surface area contributed by atoms with Crippen molar-refractivity contribution >= 4 is 72.0 Å². The molecule has 48 heavy (non-hydrogen) atoms. The molecule has 0 N–H and O–H groups in total. The molecule has 11 heteroatoms. The molecule has 8 nitrogen and oxygen atoms in total. The third-order valence-electron chi connectivity index (χ3n) is 8.22. The van der Waals surface area contributed by atoms with E-state index >= 15 is 0 Å². The first-order valence-corrected chi connectivity index (χ1v) is 17.5. The maximum Gasteiger partial charge on any atom is 0.338 e. The number of halogens is 2. The molecule has 1 atom stereocenters. The number of hydrogen-bond donors (Lipinski definition) is 0. The lowest BCUT2D eigenvalue weighted by Crippen LogP contribution is -2.41. The number of benzene rings is 4. The molecule has 0 unspecified atom stereocenters. The zero-order valence-corrected chi connectivity index (χ0v) is 29.8. The average molecular weight is 786 g/mol. The number of methoxy groups -OCH3 is 1. The van der Waals surface area contributed by atoms with Gasteiger partial charge in [-0.15, -0.1) is 0 Å². The molecule has 0 saturated heterocycles. The summed E-state index contributed by atoms with van der Waals surface area (Å²) in [5, 5.41) is 0. The van der Waals surface area contributed by atoms with Gasteiger partial charge in [0.2, 0.25) is 0 Å². The number of carbonyl (C=O) groups excluding carboxylic acids is 2. The van der Waals surface area contributed by atoms with E-state index in [1.165, 1.54) is 11.7 Å². The highest BCUT2D eigenvalue weighted by Gasteiger charge is 2.39. The van der Waals surface area contributed by atoms with Crippen molar-refractivity contribution in [3.8, 4) is 5.75 Å². The fraction of sp³-hybridized carbons (Fsp3) is 0.135. The summed E-state index contributed by atoms with van der Waals surface area (Å²) in [5.74, 6) is -0.426. The Morgan fingerprint density at radius 2 is 1.60 bits per heavy atom. The van der Waals surface area contributed by atoms with Crippen molar-refractivity contribution in [1.82, 2.24) is 4.57 Å². The van der Waals surface area contributed by atoms with Crippen LogP contribution < -0.4 is 24.5 Å². The molecule has 5 aromatic rings. The normalized spacial score (nSPS) is 16.4. The molecule has 0 fully saturated rings. The lowest BCUT2D eigenvalue weighted by atomic mass is 9.92. The van der Waals surface area contributed by atoms with Crippen molar-refractivity contribution in [3.05, 3.63) is 154 Å². The van der Waals surface area contributed by atoms with Crippen molar-refractivity contribution in [1.29, 1.82) is 0 Å². The smallest absolute Gasteiger partial charge is 0.338 e. The van der Waals surface area contributed by atoms with Gasteiger partial charge in [0.1, 0.15) is 16.3 Å². The number of fused-ring (bicyclic) bond motifs is 2. The van der Waals surface area contributed by atoms with Gasteiger partial charge in [0.15, 0.2) is 4.80 Å². The SMILES string of the molecule is CCOC(=O)C1=C(c2ccccc2)N=c2s/c(=C3/C(=O)N(Cc4ccccc4)c4ccc(Br)cc43)c(=O)n2[C@H]1c1cc(Br)ccc1OC. The van der Waals surface area contributed by atoms with Crippen LogP contribution >= 0.6 is 43.2 Å². The van der Waals surface area contributed by atoms with Crippen LogP contribution in [0.15, 0.2) is 121 Å². The molecule has 240 valence electrons. The summed E-state index contributed by atoms with van der Waals surface area (Å²) in [7, 11) is 1.54. The molecular weight excluding hydrogens is 758 g/mol. The first-order valence-electron chi connectivity index (χ1n) is 15.1. The Hall–Kier alpha value is -4.58. The molecular formula is C37H27Br2N3O5S. The molecule has 2 aliphatic rings. The summed E-state index contributed by atoms with van der Waals surface area (Å²) in [6.07, 6.45) is 0. The van der Waals surface area contributed by atoms with Gasteiger partial charge in [0, 0.05) is 25.6 Å². The second-order valence-corrected chi connectivity index (χ2v) is 13.9. The number of hydrogen-bond acceptors (Lipinski definition) is 7. The Balaban J connectivity index is 1.55. The van der Waals surface area contributed by atoms with Crippen molar-refractivity contribution in [2.24, 2.45) is 4.99 Å². The number of thiazole rings is 1. The van der Waals surface area contributed by atoms with Crippen molar-refractivity contribution in [2.75, 3.05) is 18.6 Å². The summed E-state index contributed by atoms with van der Waals surface area (Å²) < 4.78 is 14.6. The second-order valence-electron chi connectivity index (χ2n) is 11.1. The minimum atomic E-state index is -0.976. The monoisotopic (exact) mass is 783 g/mol. The van der Waals surface area contributed by atoms with Gasteiger partial charge in [-0.25, -0.2) is 9.79 Å². The Morgan fingerprint density at radius 1 is 0.917 bits per heavy atom. The van der Waals surface area contributed by atoms with Crippen LogP contribution in [0.2, 0.25) is 0 Å². The zero-order chi connectivity index (χ0) is 33.5. The van der Waals surface area contributed by atoms with Gasteiger partial charge in [-0.3, -0.25) is 14.2 Å². The van der Waals surface area contributed by atoms with E-state index in [1.807, 2.05) is 91.0 Å². The summed E-state index contributed by atoms with van der Waals surface area (Å²) in [6, 6.07) is 29.1. The largest absolute Gasteiger partial charge is 0.496 e. The van der Waals surface area contributed by atoms with Crippen LogP contribution in [0.5, 0.6) is 5.75 Å². The molecule has 0 spiro atoms. The van der Waals surface area contributed by atoms with Crippen LogP contribution in [0.1, 0.15) is 35.2 Å². The fourth-order valence-corrected chi connectivity index (χ4v) is 7.98. The Kier molecular flexibility index (Phi) is 8.76. The lowest BCUT2D eigenvalue weighted by molar-refractivity contribution is -0.138. The van der Waals surface area contributed by atoms with Crippen LogP contribution in [-0.4, -0.2) is 30.2 Å². The summed E-state index contributed by atoms with van der Waals surface area (Å²) in [6.45, 7) is 2.19. The van der Waals surface area contributed by atoms with E-state index in [9.17, 15) is 14.4 Å². The first kappa shape index (κ1) is 32.0. The van der Waals surface area contributed by atoms with E-state index in [2.05, 4.69) is 31.9 Å². The van der Waals surface area contributed by atoms with E-state index < -0.39 is 17.6 Å². The molecule has 3 heterocycles. The van der Waals surface area contributed by atoms with E-state index in [0.717, 1.165) is 25.8 Å². The van der Waals surface area contributed by atoms with E-state index in [4.69, 9.17) is 14.5 Å². The van der Waals surface area contributed by atoms with Crippen LogP contribution in [-0.2, 0) is 20.9 Å². The number of carbonyl (C=O) groups is 2. The first-order chi connectivity index (χ1) is 23.3. The number of amides is 1. The summed E-state index contributed by atoms with van der Waals surface area (Å²) in [4.78, 5) is 50.1. The van der Waals surface area contributed by atoms with Gasteiger partial charge in [-0.1, -0.05) is 104 Å². The van der Waals surface area contributed by atoms with Crippen LogP contribution in [0.3, 0.4) is 0 Å². The van der Waals surface area contributed by atoms with Crippen molar-refractivity contribution in [3.63, 3.8) is 0 Å². The number of rotatable bonds is 7. The molecule has 1 amide bonds. The Labute approximate surface area is 296 Å². The minimum absolute atomic E-state index is 0.124. The molecule has 4 aromatic carbocycles. The predicted octanol–water partition coefficient (Wildman–Crippen LogP) is 6.39. The molecule has 2 aliphatic heterocycles. The second kappa shape index (κ2) is 13.1. The average Bonchev–Trinajstić information content (AvgIpc) is 3.56. The number of esters is 1. The van der Waals surface area contributed by atoms with Gasteiger partial charge >= 0.3 is 5.97 Å². The zero-order valence-electron chi connectivity index (χ0n) is 25.8. The standard InChI is InChI=1S/C37H27Br2N3O5S/c1-3-47-36(45)30-31(22-12-8-5-9-13-22)40-37-42(32(30)26-19-24(39)15-17-28(26)46-2)35(44)33(48-37)29-25-18-23(38)14-16-27(25)41(34(29)43)20-21-10-6-4-7-11-21/h4-19,32H,3,20H2,1-2H3/b33-29+/t32-/m0/s1. The maximum atomic E-state index is 14.8. The third kappa shape index (κ3) is 5.55. The van der Waals surface area contributed by atoms with E-state index in [0.29, 0.717) is 45.2 Å². The lowest BCUT2D eigenvalue weighted by Gasteiger charge is -2.27. The van der Waals surface area contributed by atoms with Gasteiger partial charge in [-0.05, 0) is 48.9 Å². The number of aromatic nitrogens is 1. The number of ether oxygens (including phenoxy) is 2. The molecule has 0 aliphatic carbocycles. The van der Waals surface area contributed by atoms with Crippen LogP contribution in [0, 0.1) is 0 Å². The van der Waals surface area contributed by atoms with Gasteiger partial charge < -0.3 is 14.4 Å². The topological polar surface area (TPSA) is 90.2 Å². The highest BCUT2D eigenvalue weighted by molar-refractivity contribution is 9.10. The van der Waals surface area contributed by atoms with Crippen molar-refractivity contribution in [2.45, 2.75) is 19.5 Å². The Bertz CT molecular complexity index is 2320. The highest BCUT2D eigenvalue weighted by Crippen LogP contribution is 2.41. The minimum Gasteiger partial charge on any atom is -0.496 e. The summed E-state index contributed by atoms with van der Waals surface area (Å²) >= 11 is 8.26. The predicted molar refractivity (Wildman–Crippen MR) is 192 cm³/mol. The van der Waals surface area contributed by atoms with Gasteiger partial charge in [-0.2, -0.15) is 0 Å². The maximum absolute atomic E-state index is 14.8. The van der Waals surface area contributed by atoms with Crippen LogP contribution in [0.4, 0.5) is 5.69 Å². The molecule has 7 rings (SSSR count). The van der Waals surface area contributed by atoms with Crippen LogP contribution in [0.25, 0.3) is 11.3 Å². The molecule has 0 radical (unpaired) electrons. The highest BCUT2D eigenvalue weighted by atomic mass is 79.9.